The van der Waals surface area contributed by atoms with Gasteiger partial charge in [0, 0.05) is 52.2 Å². The van der Waals surface area contributed by atoms with Crippen molar-refractivity contribution >= 4 is 29.6 Å². The number of piperazine rings is 1. The van der Waals surface area contributed by atoms with Gasteiger partial charge in [0.1, 0.15) is 0 Å². The van der Waals surface area contributed by atoms with E-state index in [1.807, 2.05) is 35.6 Å². The Bertz CT molecular complexity index is 796. The average molecular weight is 399 g/mol. The Kier molecular flexibility index (Phi) is 5.97. The van der Waals surface area contributed by atoms with Gasteiger partial charge in [-0.15, -0.1) is 0 Å². The second-order valence-corrected chi connectivity index (χ2v) is 8.15. The molecule has 0 atom stereocenters. The summed E-state index contributed by atoms with van der Waals surface area (Å²) >= 11 is 1.56. The van der Waals surface area contributed by atoms with Crippen LogP contribution in [0.2, 0.25) is 0 Å². The van der Waals surface area contributed by atoms with E-state index in [1.54, 1.807) is 29.2 Å². The third-order valence-corrected chi connectivity index (χ3v) is 6.33. The highest BCUT2D eigenvalue weighted by Crippen LogP contribution is 2.37. The van der Waals surface area contributed by atoms with Crippen LogP contribution >= 0.6 is 11.9 Å². The van der Waals surface area contributed by atoms with Crippen molar-refractivity contribution in [2.75, 3.05) is 56.1 Å². The summed E-state index contributed by atoms with van der Waals surface area (Å²) in [6.45, 7) is 5.85. The number of carbonyl (C=O) groups is 1. The lowest BCUT2D eigenvalue weighted by molar-refractivity contribution is 0.228. The van der Waals surface area contributed by atoms with E-state index in [9.17, 15) is 4.79 Å². The van der Waals surface area contributed by atoms with Crippen molar-refractivity contribution in [3.05, 3.63) is 42.7 Å². The number of anilines is 2. The number of benzene rings is 1. The number of amides is 2. The number of hydrogen-bond acceptors (Lipinski definition) is 6. The maximum atomic E-state index is 12.6. The maximum Gasteiger partial charge on any atom is 0.334 e. The van der Waals surface area contributed by atoms with Gasteiger partial charge in [-0.05, 0) is 49.5 Å². The van der Waals surface area contributed by atoms with E-state index in [1.165, 1.54) is 0 Å². The van der Waals surface area contributed by atoms with Gasteiger partial charge >= 0.3 is 6.03 Å². The first-order valence-electron chi connectivity index (χ1n) is 9.79. The zero-order valence-electron chi connectivity index (χ0n) is 16.2. The van der Waals surface area contributed by atoms with Crippen LogP contribution in [0.25, 0.3) is 0 Å². The highest BCUT2D eigenvalue weighted by Gasteiger charge is 2.28. The minimum absolute atomic E-state index is 0.0696. The van der Waals surface area contributed by atoms with Gasteiger partial charge in [-0.25, -0.2) is 14.8 Å². The fourth-order valence-electron chi connectivity index (χ4n) is 3.60. The Morgan fingerprint density at radius 3 is 2.46 bits per heavy atom. The van der Waals surface area contributed by atoms with Crippen molar-refractivity contribution in [3.8, 4) is 0 Å². The predicted octanol–water partition coefficient (Wildman–Crippen LogP) is 2.96. The standard InChI is InChI=1S/C20H26N6OS/c1-23-17-7-2-3-8-18(17)28-26(20(23)27)12-5-4-11-24-13-15-25(16-14-24)19-21-9-6-10-22-19/h2-3,6-10H,4-5,11-16H2,1H3. The first-order chi connectivity index (χ1) is 13.7. The quantitative estimate of drug-likeness (QED) is 0.551. The fourth-order valence-corrected chi connectivity index (χ4v) is 4.69. The van der Waals surface area contributed by atoms with E-state index in [0.29, 0.717) is 0 Å². The summed E-state index contributed by atoms with van der Waals surface area (Å²) in [5.74, 6) is 0.826. The molecule has 1 saturated heterocycles. The van der Waals surface area contributed by atoms with Crippen molar-refractivity contribution in [2.45, 2.75) is 17.7 Å². The number of aromatic nitrogens is 2. The monoisotopic (exact) mass is 398 g/mol. The van der Waals surface area contributed by atoms with Gasteiger partial charge in [-0.2, -0.15) is 0 Å². The van der Waals surface area contributed by atoms with Gasteiger partial charge in [0.05, 0.1) is 10.6 Å². The van der Waals surface area contributed by atoms with E-state index < -0.39 is 0 Å². The fraction of sp³-hybridized carbons (Fsp3) is 0.450. The van der Waals surface area contributed by atoms with Crippen LogP contribution in [0, 0.1) is 0 Å². The van der Waals surface area contributed by atoms with Crippen LogP contribution in [-0.4, -0.2) is 71.5 Å². The maximum absolute atomic E-state index is 12.6. The lowest BCUT2D eigenvalue weighted by Gasteiger charge is -2.35. The molecule has 0 bridgehead atoms. The molecule has 148 valence electrons. The Labute approximate surface area is 170 Å². The van der Waals surface area contributed by atoms with E-state index in [2.05, 4.69) is 25.8 Å². The average Bonchev–Trinajstić information content (AvgIpc) is 2.75. The van der Waals surface area contributed by atoms with Crippen LogP contribution in [0.5, 0.6) is 0 Å². The van der Waals surface area contributed by atoms with Crippen LogP contribution in [0.15, 0.2) is 47.6 Å². The summed E-state index contributed by atoms with van der Waals surface area (Å²) in [5, 5.41) is 0. The van der Waals surface area contributed by atoms with E-state index in [4.69, 9.17) is 0 Å². The largest absolute Gasteiger partial charge is 0.338 e. The molecule has 3 heterocycles. The molecule has 0 N–H and O–H groups in total. The molecule has 0 unspecified atom stereocenters. The number of rotatable bonds is 6. The lowest BCUT2D eigenvalue weighted by atomic mass is 10.2. The predicted molar refractivity (Wildman–Crippen MR) is 113 cm³/mol. The Balaban J connectivity index is 1.19. The molecule has 2 aliphatic rings. The number of hydrogen-bond donors (Lipinski definition) is 0. The van der Waals surface area contributed by atoms with Crippen molar-refractivity contribution in [1.82, 2.24) is 19.2 Å². The lowest BCUT2D eigenvalue weighted by Crippen LogP contribution is -2.47. The number of para-hydroxylation sites is 1. The first-order valence-corrected chi connectivity index (χ1v) is 10.6. The van der Waals surface area contributed by atoms with Crippen LogP contribution in [0.4, 0.5) is 16.4 Å². The van der Waals surface area contributed by atoms with Crippen molar-refractivity contribution in [3.63, 3.8) is 0 Å². The number of urea groups is 1. The minimum atomic E-state index is 0.0696. The molecule has 1 fully saturated rings. The Hall–Kier alpha value is -2.32. The molecule has 0 saturated carbocycles. The Morgan fingerprint density at radius 1 is 0.964 bits per heavy atom. The van der Waals surface area contributed by atoms with Crippen LogP contribution in [-0.2, 0) is 0 Å². The molecule has 28 heavy (non-hydrogen) atoms. The molecule has 2 aliphatic heterocycles. The molecule has 1 aromatic carbocycles. The van der Waals surface area contributed by atoms with Gasteiger partial charge in [-0.1, -0.05) is 12.1 Å². The minimum Gasteiger partial charge on any atom is -0.338 e. The summed E-state index contributed by atoms with van der Waals surface area (Å²) in [6, 6.07) is 9.99. The third-order valence-electron chi connectivity index (χ3n) is 5.23. The highest BCUT2D eigenvalue weighted by molar-refractivity contribution is 7.97. The molecular weight excluding hydrogens is 372 g/mol. The van der Waals surface area contributed by atoms with Crippen LogP contribution in [0.3, 0.4) is 0 Å². The zero-order chi connectivity index (χ0) is 19.3. The van der Waals surface area contributed by atoms with E-state index in [0.717, 1.165) is 68.6 Å². The van der Waals surface area contributed by atoms with E-state index >= 15 is 0 Å². The summed E-state index contributed by atoms with van der Waals surface area (Å²) in [7, 11) is 1.85. The zero-order valence-corrected chi connectivity index (χ0v) is 17.0. The van der Waals surface area contributed by atoms with Crippen molar-refractivity contribution in [2.24, 2.45) is 0 Å². The number of unbranched alkanes of at least 4 members (excludes halogenated alkanes) is 1. The molecule has 0 radical (unpaired) electrons. The van der Waals surface area contributed by atoms with E-state index in [-0.39, 0.29) is 6.03 Å². The third kappa shape index (κ3) is 4.23. The van der Waals surface area contributed by atoms with Crippen molar-refractivity contribution in [1.29, 1.82) is 0 Å². The molecule has 2 amide bonds. The molecule has 7 nitrogen and oxygen atoms in total. The topological polar surface area (TPSA) is 55.8 Å². The molecular formula is C20H26N6OS. The van der Waals surface area contributed by atoms with Crippen LogP contribution in [0.1, 0.15) is 12.8 Å². The molecule has 4 rings (SSSR count). The molecule has 1 aromatic heterocycles. The summed E-state index contributed by atoms with van der Waals surface area (Å²) in [6.07, 6.45) is 5.70. The summed E-state index contributed by atoms with van der Waals surface area (Å²) < 4.78 is 1.88. The number of carbonyl (C=O) groups excluding carboxylic acids is 1. The van der Waals surface area contributed by atoms with Gasteiger partial charge in [0.15, 0.2) is 0 Å². The highest BCUT2D eigenvalue weighted by atomic mass is 32.2. The molecule has 0 aliphatic carbocycles. The SMILES string of the molecule is CN1C(=O)N(CCCCN2CCN(c3ncccn3)CC2)Sc2ccccc21. The van der Waals surface area contributed by atoms with Gasteiger partial charge < -0.3 is 4.90 Å². The summed E-state index contributed by atoms with van der Waals surface area (Å²) in [4.78, 5) is 28.9. The van der Waals surface area contributed by atoms with Gasteiger partial charge in [0.25, 0.3) is 0 Å². The van der Waals surface area contributed by atoms with Crippen LogP contribution < -0.4 is 9.80 Å². The number of nitrogens with zero attached hydrogens (tertiary/aromatic N) is 6. The van der Waals surface area contributed by atoms with Crippen molar-refractivity contribution < 1.29 is 4.79 Å². The molecule has 0 spiro atoms. The smallest absolute Gasteiger partial charge is 0.334 e. The second-order valence-electron chi connectivity index (χ2n) is 7.09. The second kappa shape index (κ2) is 8.79. The molecule has 2 aromatic rings. The first kappa shape index (κ1) is 19.0. The van der Waals surface area contributed by atoms with Gasteiger partial charge in [-0.3, -0.25) is 14.1 Å². The molecule has 8 heteroatoms. The van der Waals surface area contributed by atoms with Gasteiger partial charge in [0.2, 0.25) is 5.95 Å². The Morgan fingerprint density at radius 2 is 1.68 bits per heavy atom. The normalized spacial score (nSPS) is 17.8. The number of fused-ring (bicyclic) bond motifs is 1. The summed E-state index contributed by atoms with van der Waals surface area (Å²) in [5.41, 5.74) is 0.994.